The number of aryl methyl sites for hydroxylation is 1. The van der Waals surface area contributed by atoms with Crippen molar-refractivity contribution in [1.82, 2.24) is 10.3 Å². The zero-order valence-electron chi connectivity index (χ0n) is 10.7. The van der Waals surface area contributed by atoms with E-state index < -0.39 is 12.1 Å². The lowest BCUT2D eigenvalue weighted by Gasteiger charge is -2.14. The minimum absolute atomic E-state index is 0.279. The molecule has 0 bridgehead atoms. The minimum atomic E-state index is -1.20. The van der Waals surface area contributed by atoms with Gasteiger partial charge in [-0.2, -0.15) is 0 Å². The predicted octanol–water partition coefficient (Wildman–Crippen LogP) is 2.59. The number of nitrogens with zero attached hydrogens (tertiary/aromatic N) is 1. The zero-order valence-corrected chi connectivity index (χ0v) is 11.5. The van der Waals surface area contributed by atoms with Crippen molar-refractivity contribution in [3.05, 3.63) is 52.5 Å². The maximum atomic E-state index is 12.2. The highest BCUT2D eigenvalue weighted by atomic mass is 32.1. The number of hydrogen-bond donors (Lipinski definition) is 2. The molecule has 6 heteroatoms. The lowest BCUT2D eigenvalue weighted by Crippen LogP contribution is -2.40. The lowest BCUT2D eigenvalue weighted by atomic mass is 10.0. The summed E-state index contributed by atoms with van der Waals surface area (Å²) in [7, 11) is 0. The van der Waals surface area contributed by atoms with Crippen LogP contribution in [0.5, 0.6) is 0 Å². The zero-order chi connectivity index (χ0) is 14.4. The van der Waals surface area contributed by atoms with Gasteiger partial charge in [0.25, 0.3) is 0 Å². The first-order valence-corrected chi connectivity index (χ1v) is 7.02. The summed E-state index contributed by atoms with van der Waals surface area (Å²) in [5.41, 5.74) is 1.07. The van der Waals surface area contributed by atoms with Gasteiger partial charge in [0.2, 0.25) is 5.78 Å². The normalized spacial score (nSPS) is 11.8. The number of carbonyl (C=O) groups is 2. The highest BCUT2D eigenvalue weighted by Gasteiger charge is 2.23. The third-order valence-corrected chi connectivity index (χ3v) is 3.61. The monoisotopic (exact) mass is 290 g/mol. The van der Waals surface area contributed by atoms with Crippen LogP contribution in [0.2, 0.25) is 0 Å². The third-order valence-electron chi connectivity index (χ3n) is 2.82. The second-order valence-electron chi connectivity index (χ2n) is 4.23. The largest absolute Gasteiger partial charge is 0.465 e. The Balaban J connectivity index is 2.04. The molecule has 2 N–H and O–H groups in total. The second kappa shape index (κ2) is 6.81. The fourth-order valence-corrected chi connectivity index (χ4v) is 2.50. The topological polar surface area (TPSA) is 79.3 Å². The predicted molar refractivity (Wildman–Crippen MR) is 76.2 cm³/mol. The van der Waals surface area contributed by atoms with E-state index in [-0.39, 0.29) is 5.78 Å². The number of carbonyl (C=O) groups excluding carboxylic acids is 1. The van der Waals surface area contributed by atoms with Gasteiger partial charge in [-0.05, 0) is 18.4 Å². The number of ketones is 1. The Morgan fingerprint density at radius 2 is 2.05 bits per heavy atom. The third kappa shape index (κ3) is 3.89. The molecule has 0 spiro atoms. The van der Waals surface area contributed by atoms with Gasteiger partial charge in [0.15, 0.2) is 5.01 Å². The first-order chi connectivity index (χ1) is 9.66. The molecule has 5 nitrogen and oxygen atoms in total. The van der Waals surface area contributed by atoms with Gasteiger partial charge in [-0.15, -0.1) is 11.3 Å². The van der Waals surface area contributed by atoms with Gasteiger partial charge in [-0.3, -0.25) is 4.79 Å². The average molecular weight is 290 g/mol. The van der Waals surface area contributed by atoms with Crippen molar-refractivity contribution >= 4 is 23.2 Å². The van der Waals surface area contributed by atoms with Crippen LogP contribution in [0.25, 0.3) is 0 Å². The molecular weight excluding hydrogens is 276 g/mol. The van der Waals surface area contributed by atoms with Crippen LogP contribution < -0.4 is 5.32 Å². The molecular formula is C14H14N2O3S. The molecule has 1 atom stereocenters. The van der Waals surface area contributed by atoms with Crippen LogP contribution in [0.15, 0.2) is 41.9 Å². The maximum absolute atomic E-state index is 12.2. The van der Waals surface area contributed by atoms with E-state index in [0.717, 1.165) is 5.56 Å². The first-order valence-electron chi connectivity index (χ1n) is 6.14. The van der Waals surface area contributed by atoms with E-state index in [4.69, 9.17) is 5.11 Å². The maximum Gasteiger partial charge on any atom is 0.405 e. The SMILES string of the molecule is O=C(O)N[C@@H](CCc1ccccc1)C(=O)c1nccs1. The number of Topliss-reactive ketones (excluding diaryl/α,β-unsaturated/α-hetero) is 1. The number of amides is 1. The molecule has 0 saturated heterocycles. The summed E-state index contributed by atoms with van der Waals surface area (Å²) in [5.74, 6) is -0.279. The number of benzene rings is 1. The van der Waals surface area contributed by atoms with E-state index >= 15 is 0 Å². The summed E-state index contributed by atoms with van der Waals surface area (Å²) >= 11 is 1.21. The molecule has 2 aromatic rings. The number of rotatable bonds is 6. The van der Waals surface area contributed by atoms with Crippen molar-refractivity contribution in [2.75, 3.05) is 0 Å². The molecule has 1 amide bonds. The molecule has 0 aliphatic carbocycles. The molecule has 1 aromatic heterocycles. The molecule has 0 fully saturated rings. The first kappa shape index (κ1) is 14.2. The molecule has 0 radical (unpaired) electrons. The molecule has 0 saturated carbocycles. The van der Waals surface area contributed by atoms with Crippen molar-refractivity contribution < 1.29 is 14.7 Å². The summed E-state index contributed by atoms with van der Waals surface area (Å²) in [6.07, 6.45) is 1.37. The van der Waals surface area contributed by atoms with E-state index in [9.17, 15) is 9.59 Å². The molecule has 1 heterocycles. The molecule has 0 aliphatic heterocycles. The Morgan fingerprint density at radius 3 is 2.65 bits per heavy atom. The van der Waals surface area contributed by atoms with Gasteiger partial charge in [-0.25, -0.2) is 9.78 Å². The van der Waals surface area contributed by atoms with E-state index in [1.54, 1.807) is 5.38 Å². The molecule has 2 rings (SSSR count). The van der Waals surface area contributed by atoms with Crippen LogP contribution in [0.1, 0.15) is 21.8 Å². The molecule has 1 aromatic carbocycles. The molecule has 0 aliphatic rings. The Kier molecular flexibility index (Phi) is 4.84. The summed E-state index contributed by atoms with van der Waals surface area (Å²) in [5, 5.41) is 13.1. The number of aromatic nitrogens is 1. The van der Waals surface area contributed by atoms with E-state index in [1.807, 2.05) is 30.3 Å². The van der Waals surface area contributed by atoms with Gasteiger partial charge in [-0.1, -0.05) is 30.3 Å². The van der Waals surface area contributed by atoms with Crippen molar-refractivity contribution in [1.29, 1.82) is 0 Å². The van der Waals surface area contributed by atoms with Crippen LogP contribution in [0, 0.1) is 0 Å². The Morgan fingerprint density at radius 1 is 1.30 bits per heavy atom. The Labute approximate surface area is 120 Å². The fourth-order valence-electron chi connectivity index (χ4n) is 1.87. The lowest BCUT2D eigenvalue weighted by molar-refractivity contribution is 0.0931. The number of thiazole rings is 1. The van der Waals surface area contributed by atoms with Crippen molar-refractivity contribution in [2.24, 2.45) is 0 Å². The number of nitrogens with one attached hydrogen (secondary N) is 1. The summed E-state index contributed by atoms with van der Waals surface area (Å²) < 4.78 is 0. The van der Waals surface area contributed by atoms with Crippen LogP contribution in [0.3, 0.4) is 0 Å². The van der Waals surface area contributed by atoms with Crippen molar-refractivity contribution in [3.63, 3.8) is 0 Å². The number of carboxylic acid groups (broad SMARTS) is 1. The standard InChI is InChI=1S/C14H14N2O3S/c17-12(13-15-8-9-20-13)11(16-14(18)19)7-6-10-4-2-1-3-5-10/h1-5,8-9,11,16H,6-7H2,(H,18,19)/t11-/m0/s1. The van der Waals surface area contributed by atoms with Crippen molar-refractivity contribution in [3.8, 4) is 0 Å². The van der Waals surface area contributed by atoms with Gasteiger partial charge in [0.1, 0.15) is 0 Å². The quantitative estimate of drug-likeness (QED) is 0.801. The van der Waals surface area contributed by atoms with E-state index in [1.165, 1.54) is 17.5 Å². The summed E-state index contributed by atoms with van der Waals surface area (Å²) in [6.45, 7) is 0. The van der Waals surface area contributed by atoms with Gasteiger partial charge in [0.05, 0.1) is 6.04 Å². The van der Waals surface area contributed by atoms with Crippen LogP contribution in [0.4, 0.5) is 4.79 Å². The average Bonchev–Trinajstić information content (AvgIpc) is 2.97. The van der Waals surface area contributed by atoms with Crippen LogP contribution >= 0.6 is 11.3 Å². The Hall–Kier alpha value is -2.21. The van der Waals surface area contributed by atoms with E-state index in [2.05, 4.69) is 10.3 Å². The fraction of sp³-hybridized carbons (Fsp3) is 0.214. The summed E-state index contributed by atoms with van der Waals surface area (Å²) in [4.78, 5) is 26.9. The van der Waals surface area contributed by atoms with Gasteiger partial charge in [0, 0.05) is 11.6 Å². The van der Waals surface area contributed by atoms with Crippen molar-refractivity contribution in [2.45, 2.75) is 18.9 Å². The Bertz CT molecular complexity index is 569. The second-order valence-corrected chi connectivity index (χ2v) is 5.12. The van der Waals surface area contributed by atoms with Gasteiger partial charge >= 0.3 is 6.09 Å². The highest BCUT2D eigenvalue weighted by molar-refractivity contribution is 7.11. The summed E-state index contributed by atoms with van der Waals surface area (Å²) in [6, 6.07) is 8.88. The minimum Gasteiger partial charge on any atom is -0.465 e. The van der Waals surface area contributed by atoms with E-state index in [0.29, 0.717) is 17.8 Å². The smallest absolute Gasteiger partial charge is 0.405 e. The number of hydrogen-bond acceptors (Lipinski definition) is 4. The molecule has 20 heavy (non-hydrogen) atoms. The van der Waals surface area contributed by atoms with Gasteiger partial charge < -0.3 is 10.4 Å². The van der Waals surface area contributed by atoms with Crippen LogP contribution in [-0.2, 0) is 6.42 Å². The molecule has 104 valence electrons. The highest BCUT2D eigenvalue weighted by Crippen LogP contribution is 2.12. The molecule has 0 unspecified atom stereocenters. The van der Waals surface area contributed by atoms with Crippen LogP contribution in [-0.4, -0.2) is 28.0 Å².